The van der Waals surface area contributed by atoms with Crippen LogP contribution < -0.4 is 0 Å². The molecule has 2 nitrogen and oxygen atoms in total. The van der Waals surface area contributed by atoms with Crippen molar-refractivity contribution in [2.24, 2.45) is 0 Å². The van der Waals surface area contributed by atoms with Gasteiger partial charge >= 0.3 is 0 Å². The van der Waals surface area contributed by atoms with Crippen LogP contribution in [-0.2, 0) is 4.74 Å². The molecule has 0 aromatic heterocycles. The number of ether oxygens (including phenoxy) is 1. The molecule has 1 heterocycles. The standard InChI is InChI=1S/C8H15NO/c1-9-5-6-10-7-8(9)3-2-4-8/h2-7H2,1H3. The van der Waals surface area contributed by atoms with Gasteiger partial charge in [0, 0.05) is 12.1 Å². The minimum atomic E-state index is 0.470. The number of likely N-dealkylation sites (N-methyl/N-ethyl adjacent to an activating group) is 1. The zero-order valence-electron chi connectivity index (χ0n) is 6.60. The summed E-state index contributed by atoms with van der Waals surface area (Å²) in [5.74, 6) is 0. The predicted octanol–water partition coefficient (Wildman–Crippen LogP) is 0.871. The minimum Gasteiger partial charge on any atom is -0.378 e. The van der Waals surface area contributed by atoms with E-state index in [1.54, 1.807) is 0 Å². The zero-order valence-corrected chi connectivity index (χ0v) is 6.60. The maximum absolute atomic E-state index is 5.46. The number of nitrogens with zero attached hydrogens (tertiary/aromatic N) is 1. The van der Waals surface area contributed by atoms with E-state index in [4.69, 9.17) is 4.74 Å². The van der Waals surface area contributed by atoms with Crippen molar-refractivity contribution in [2.45, 2.75) is 24.8 Å². The first-order chi connectivity index (χ1) is 4.83. The second kappa shape index (κ2) is 2.21. The first kappa shape index (κ1) is 6.62. The highest BCUT2D eigenvalue weighted by molar-refractivity contribution is 4.98. The smallest absolute Gasteiger partial charge is 0.0650 e. The summed E-state index contributed by atoms with van der Waals surface area (Å²) < 4.78 is 5.46. The van der Waals surface area contributed by atoms with E-state index in [-0.39, 0.29) is 0 Å². The molecule has 0 aromatic carbocycles. The molecule has 0 aromatic rings. The van der Waals surface area contributed by atoms with Crippen molar-refractivity contribution in [3.05, 3.63) is 0 Å². The van der Waals surface area contributed by atoms with Crippen LogP contribution in [0.4, 0.5) is 0 Å². The largest absolute Gasteiger partial charge is 0.378 e. The minimum absolute atomic E-state index is 0.470. The molecule has 0 N–H and O–H groups in total. The Hall–Kier alpha value is -0.0800. The van der Waals surface area contributed by atoms with Crippen LogP contribution in [-0.4, -0.2) is 37.2 Å². The first-order valence-corrected chi connectivity index (χ1v) is 4.13. The van der Waals surface area contributed by atoms with Gasteiger partial charge in [0.25, 0.3) is 0 Å². The summed E-state index contributed by atoms with van der Waals surface area (Å²) >= 11 is 0. The fraction of sp³-hybridized carbons (Fsp3) is 1.00. The van der Waals surface area contributed by atoms with Crippen molar-refractivity contribution in [1.82, 2.24) is 4.90 Å². The molecule has 10 heavy (non-hydrogen) atoms. The van der Waals surface area contributed by atoms with E-state index in [1.807, 2.05) is 0 Å². The van der Waals surface area contributed by atoms with Crippen molar-refractivity contribution < 1.29 is 4.74 Å². The van der Waals surface area contributed by atoms with Crippen LogP contribution in [0.25, 0.3) is 0 Å². The Kier molecular flexibility index (Phi) is 1.46. The van der Waals surface area contributed by atoms with Crippen LogP contribution >= 0.6 is 0 Å². The maximum Gasteiger partial charge on any atom is 0.0650 e. The molecule has 0 atom stereocenters. The third kappa shape index (κ3) is 0.789. The Morgan fingerprint density at radius 3 is 2.60 bits per heavy atom. The van der Waals surface area contributed by atoms with E-state index in [0.29, 0.717) is 5.54 Å². The Bertz CT molecular complexity index is 131. The van der Waals surface area contributed by atoms with Gasteiger partial charge in [-0.1, -0.05) is 0 Å². The van der Waals surface area contributed by atoms with Crippen molar-refractivity contribution in [3.63, 3.8) is 0 Å². The topological polar surface area (TPSA) is 12.5 Å². The molecule has 1 saturated carbocycles. The third-order valence-corrected chi connectivity index (χ3v) is 3.04. The van der Waals surface area contributed by atoms with Crippen LogP contribution in [0.15, 0.2) is 0 Å². The molecule has 2 rings (SSSR count). The molecule has 0 bridgehead atoms. The summed E-state index contributed by atoms with van der Waals surface area (Å²) in [7, 11) is 2.22. The van der Waals surface area contributed by atoms with Crippen LogP contribution in [0.2, 0.25) is 0 Å². The highest BCUT2D eigenvalue weighted by atomic mass is 16.5. The van der Waals surface area contributed by atoms with E-state index in [9.17, 15) is 0 Å². The molecule has 0 unspecified atom stereocenters. The van der Waals surface area contributed by atoms with Gasteiger partial charge in [0.1, 0.15) is 0 Å². The van der Waals surface area contributed by atoms with Crippen LogP contribution in [0.5, 0.6) is 0 Å². The van der Waals surface area contributed by atoms with Crippen LogP contribution in [0, 0.1) is 0 Å². The van der Waals surface area contributed by atoms with E-state index < -0.39 is 0 Å². The fourth-order valence-electron chi connectivity index (χ4n) is 1.92. The second-order valence-electron chi connectivity index (χ2n) is 3.55. The number of hydrogen-bond acceptors (Lipinski definition) is 2. The maximum atomic E-state index is 5.46. The average Bonchev–Trinajstić information content (AvgIpc) is 1.85. The normalized spacial score (nSPS) is 32.1. The van der Waals surface area contributed by atoms with Crippen molar-refractivity contribution in [3.8, 4) is 0 Å². The van der Waals surface area contributed by atoms with Gasteiger partial charge in [0.15, 0.2) is 0 Å². The summed E-state index contributed by atoms with van der Waals surface area (Å²) in [6.45, 7) is 3.03. The van der Waals surface area contributed by atoms with E-state index in [1.165, 1.54) is 19.3 Å². The quantitative estimate of drug-likeness (QED) is 0.496. The van der Waals surface area contributed by atoms with E-state index >= 15 is 0 Å². The fourth-order valence-corrected chi connectivity index (χ4v) is 1.92. The first-order valence-electron chi connectivity index (χ1n) is 4.13. The molecule has 1 saturated heterocycles. The lowest BCUT2D eigenvalue weighted by Gasteiger charge is -2.51. The van der Waals surface area contributed by atoms with Gasteiger partial charge < -0.3 is 4.74 Å². The van der Waals surface area contributed by atoms with Gasteiger partial charge in [-0.25, -0.2) is 0 Å². The second-order valence-corrected chi connectivity index (χ2v) is 3.55. The molecule has 58 valence electrons. The van der Waals surface area contributed by atoms with Crippen molar-refractivity contribution in [1.29, 1.82) is 0 Å². The van der Waals surface area contributed by atoms with Gasteiger partial charge in [0.2, 0.25) is 0 Å². The van der Waals surface area contributed by atoms with Gasteiger partial charge in [-0.15, -0.1) is 0 Å². The SMILES string of the molecule is CN1CCOCC12CCC2. The molecule has 2 heteroatoms. The summed E-state index contributed by atoms with van der Waals surface area (Å²) in [4.78, 5) is 2.47. The van der Waals surface area contributed by atoms with Crippen LogP contribution in [0.3, 0.4) is 0 Å². The zero-order chi connectivity index (χ0) is 7.03. The molecule has 1 aliphatic heterocycles. The van der Waals surface area contributed by atoms with Gasteiger partial charge in [-0.3, -0.25) is 4.90 Å². The lowest BCUT2D eigenvalue weighted by Crippen LogP contribution is -2.59. The Labute approximate surface area is 62.2 Å². The average molecular weight is 141 g/mol. The summed E-state index contributed by atoms with van der Waals surface area (Å²) in [6.07, 6.45) is 4.10. The van der Waals surface area contributed by atoms with Crippen LogP contribution in [0.1, 0.15) is 19.3 Å². The molecule has 2 aliphatic rings. The Balaban J connectivity index is 2.03. The van der Waals surface area contributed by atoms with Crippen molar-refractivity contribution in [2.75, 3.05) is 26.8 Å². The Morgan fingerprint density at radius 1 is 1.40 bits per heavy atom. The number of rotatable bonds is 0. The van der Waals surface area contributed by atoms with Gasteiger partial charge in [-0.05, 0) is 26.3 Å². The molecule has 1 aliphatic carbocycles. The van der Waals surface area contributed by atoms with Crippen molar-refractivity contribution >= 4 is 0 Å². The highest BCUT2D eigenvalue weighted by Gasteiger charge is 2.42. The van der Waals surface area contributed by atoms with Gasteiger partial charge in [-0.2, -0.15) is 0 Å². The summed E-state index contributed by atoms with van der Waals surface area (Å²) in [6, 6.07) is 0. The molecule has 0 radical (unpaired) electrons. The Morgan fingerprint density at radius 2 is 2.20 bits per heavy atom. The van der Waals surface area contributed by atoms with Gasteiger partial charge in [0.05, 0.1) is 13.2 Å². The number of hydrogen-bond donors (Lipinski definition) is 0. The number of morpholine rings is 1. The molecular formula is C8H15NO. The van der Waals surface area contributed by atoms with E-state index in [0.717, 1.165) is 19.8 Å². The molecule has 2 fully saturated rings. The lowest BCUT2D eigenvalue weighted by atomic mass is 9.75. The molecule has 1 spiro atoms. The summed E-state index contributed by atoms with van der Waals surface area (Å²) in [5.41, 5.74) is 0.470. The predicted molar refractivity (Wildman–Crippen MR) is 40.0 cm³/mol. The summed E-state index contributed by atoms with van der Waals surface area (Å²) in [5, 5.41) is 0. The van der Waals surface area contributed by atoms with E-state index in [2.05, 4.69) is 11.9 Å². The molecule has 0 amide bonds. The molecular weight excluding hydrogens is 126 g/mol. The highest BCUT2D eigenvalue weighted by Crippen LogP contribution is 2.38. The lowest BCUT2D eigenvalue weighted by molar-refractivity contribution is -0.0941. The monoisotopic (exact) mass is 141 g/mol. The third-order valence-electron chi connectivity index (χ3n) is 3.04.